The summed E-state index contributed by atoms with van der Waals surface area (Å²) in [5, 5.41) is 11.2. The first-order valence-corrected chi connectivity index (χ1v) is 6.79. The number of halogens is 3. The number of hydrogen-bond donors (Lipinski definition) is 0. The first kappa shape index (κ1) is 14.3. The molecule has 2 rings (SSSR count). The quantitative estimate of drug-likeness (QED) is 0.603. The Labute approximate surface area is 126 Å². The molecule has 9 heteroatoms. The summed E-state index contributed by atoms with van der Waals surface area (Å²) in [6.45, 7) is 0.114. The molecule has 1 aromatic heterocycles. The lowest BCUT2D eigenvalue weighted by Gasteiger charge is -2.06. The Bertz CT molecular complexity index is 632. The van der Waals surface area contributed by atoms with E-state index >= 15 is 0 Å². The zero-order valence-corrected chi connectivity index (χ0v) is 12.2. The molecule has 0 N–H and O–H groups in total. The molecule has 5 nitrogen and oxygen atoms in total. The van der Waals surface area contributed by atoms with Crippen LogP contribution in [0.3, 0.4) is 0 Å². The number of hydrogen-bond acceptors (Lipinski definition) is 5. The summed E-state index contributed by atoms with van der Waals surface area (Å²) in [4.78, 5) is 14.9. The maximum atomic E-state index is 10.9. The minimum absolute atomic E-state index is 0.0453. The normalized spacial score (nSPS) is 10.5. The number of nitro groups is 1. The predicted octanol–water partition coefficient (Wildman–Crippen LogP) is 4.59. The minimum atomic E-state index is -0.586. The predicted molar refractivity (Wildman–Crippen MR) is 74.6 cm³/mol. The lowest BCUT2D eigenvalue weighted by molar-refractivity contribution is -0.385. The van der Waals surface area contributed by atoms with Crippen molar-refractivity contribution in [2.75, 3.05) is 0 Å². The molecule has 0 saturated heterocycles. The second-order valence-corrected chi connectivity index (χ2v) is 5.87. The fraction of sp³-hybridized carbons (Fsp3) is 0.100. The van der Waals surface area contributed by atoms with Crippen LogP contribution in [0, 0.1) is 10.1 Å². The third kappa shape index (κ3) is 3.48. The number of nitro benzene ring substituents is 1. The van der Waals surface area contributed by atoms with Crippen LogP contribution in [0.5, 0.6) is 5.75 Å². The minimum Gasteiger partial charge on any atom is -0.481 e. The molecule has 0 aliphatic heterocycles. The summed E-state index contributed by atoms with van der Waals surface area (Å²) >= 11 is 18.4. The molecule has 19 heavy (non-hydrogen) atoms. The first-order chi connectivity index (χ1) is 8.97. The lowest BCUT2D eigenvalue weighted by Crippen LogP contribution is -1.98. The Kier molecular flexibility index (Phi) is 4.46. The smallest absolute Gasteiger partial charge is 0.312 e. The van der Waals surface area contributed by atoms with Crippen LogP contribution in [0.25, 0.3) is 0 Å². The molecule has 100 valence electrons. The van der Waals surface area contributed by atoms with E-state index in [1.54, 1.807) is 0 Å². The second-order valence-electron chi connectivity index (χ2n) is 3.36. The molecule has 0 aliphatic rings. The van der Waals surface area contributed by atoms with E-state index < -0.39 is 4.92 Å². The van der Waals surface area contributed by atoms with Gasteiger partial charge in [-0.05, 0) is 0 Å². The van der Waals surface area contributed by atoms with Gasteiger partial charge in [0.1, 0.15) is 6.61 Å². The van der Waals surface area contributed by atoms with E-state index in [1.807, 2.05) is 0 Å². The molecule has 1 heterocycles. The van der Waals surface area contributed by atoms with Gasteiger partial charge in [-0.1, -0.05) is 34.8 Å². The zero-order valence-electron chi connectivity index (χ0n) is 9.10. The van der Waals surface area contributed by atoms with Gasteiger partial charge in [-0.25, -0.2) is 4.98 Å². The number of thiazole rings is 1. The summed E-state index contributed by atoms with van der Waals surface area (Å²) in [5.41, 5.74) is -0.245. The van der Waals surface area contributed by atoms with Crippen LogP contribution in [0.15, 0.2) is 18.3 Å². The van der Waals surface area contributed by atoms with Crippen molar-refractivity contribution in [3.8, 4) is 5.75 Å². The highest BCUT2D eigenvalue weighted by Crippen LogP contribution is 2.36. The molecule has 0 atom stereocenters. The number of ether oxygens (including phenoxy) is 1. The van der Waals surface area contributed by atoms with Crippen molar-refractivity contribution in [3.05, 3.63) is 47.8 Å². The van der Waals surface area contributed by atoms with Crippen molar-refractivity contribution >= 4 is 51.8 Å². The highest BCUT2D eigenvalue weighted by atomic mass is 35.5. The molecule has 0 spiro atoms. The Morgan fingerprint density at radius 3 is 2.58 bits per heavy atom. The SMILES string of the molecule is O=[N+]([O-])c1cc(Cl)c(Cl)cc1OCc1cnc(Cl)s1. The van der Waals surface area contributed by atoms with Crippen molar-refractivity contribution in [2.24, 2.45) is 0 Å². The van der Waals surface area contributed by atoms with Crippen molar-refractivity contribution in [2.45, 2.75) is 6.61 Å². The second kappa shape index (κ2) is 5.92. The monoisotopic (exact) mass is 338 g/mol. The Morgan fingerprint density at radius 2 is 2.00 bits per heavy atom. The van der Waals surface area contributed by atoms with Gasteiger partial charge in [0.05, 0.1) is 19.8 Å². The summed E-state index contributed by atoms with van der Waals surface area (Å²) in [6.07, 6.45) is 1.54. The van der Waals surface area contributed by atoms with Crippen molar-refractivity contribution in [3.63, 3.8) is 0 Å². The molecule has 0 aliphatic carbocycles. The molecular formula is C10H5Cl3N2O3S. The van der Waals surface area contributed by atoms with Crippen molar-refractivity contribution in [1.82, 2.24) is 4.98 Å². The van der Waals surface area contributed by atoms with Crippen LogP contribution in [-0.4, -0.2) is 9.91 Å². The largest absolute Gasteiger partial charge is 0.481 e. The van der Waals surface area contributed by atoms with Crippen LogP contribution >= 0.6 is 46.1 Å². The molecule has 0 bridgehead atoms. The fourth-order valence-corrected chi connectivity index (χ4v) is 2.48. The van der Waals surface area contributed by atoms with E-state index in [9.17, 15) is 10.1 Å². The number of aromatic nitrogens is 1. The summed E-state index contributed by atoms with van der Waals surface area (Å²) in [5.74, 6) is 0.0453. The van der Waals surface area contributed by atoms with Crippen molar-refractivity contribution < 1.29 is 9.66 Å². The molecular weight excluding hydrogens is 335 g/mol. The van der Waals surface area contributed by atoms with E-state index in [1.165, 1.54) is 23.6 Å². The first-order valence-electron chi connectivity index (χ1n) is 4.84. The molecule has 0 saturated carbocycles. The lowest BCUT2D eigenvalue weighted by atomic mass is 10.3. The number of benzene rings is 1. The average Bonchev–Trinajstić information content (AvgIpc) is 2.76. The Balaban J connectivity index is 2.23. The van der Waals surface area contributed by atoms with Crippen LogP contribution in [0.2, 0.25) is 14.5 Å². The average molecular weight is 340 g/mol. The standard InChI is InChI=1S/C10H5Cl3N2O3S/c11-6-1-8(15(16)17)9(2-7(6)12)18-4-5-3-14-10(13)19-5/h1-3H,4H2. The number of nitrogens with zero attached hydrogens (tertiary/aromatic N) is 2. The van der Waals surface area contributed by atoms with Gasteiger partial charge in [-0.2, -0.15) is 0 Å². The van der Waals surface area contributed by atoms with Gasteiger partial charge in [-0.3, -0.25) is 10.1 Å². The topological polar surface area (TPSA) is 65.3 Å². The highest BCUT2D eigenvalue weighted by Gasteiger charge is 2.18. The maximum absolute atomic E-state index is 10.9. The van der Waals surface area contributed by atoms with E-state index in [0.29, 0.717) is 4.47 Å². The molecule has 0 unspecified atom stereocenters. The summed E-state index contributed by atoms with van der Waals surface area (Å²) in [7, 11) is 0. The van der Waals surface area contributed by atoms with Gasteiger partial charge in [-0.15, -0.1) is 11.3 Å². The highest BCUT2D eigenvalue weighted by molar-refractivity contribution is 7.15. The third-order valence-electron chi connectivity index (χ3n) is 2.09. The van der Waals surface area contributed by atoms with Gasteiger partial charge in [0.2, 0.25) is 0 Å². The summed E-state index contributed by atoms with van der Waals surface area (Å²) in [6, 6.07) is 2.46. The summed E-state index contributed by atoms with van der Waals surface area (Å²) < 4.78 is 5.74. The molecule has 0 fully saturated rings. The molecule has 1 aromatic carbocycles. The van der Waals surface area contributed by atoms with Gasteiger partial charge in [0, 0.05) is 18.3 Å². The van der Waals surface area contributed by atoms with Gasteiger partial charge in [0.25, 0.3) is 0 Å². The van der Waals surface area contributed by atoms with Gasteiger partial charge >= 0.3 is 5.69 Å². The van der Waals surface area contributed by atoms with Crippen LogP contribution in [0.1, 0.15) is 4.88 Å². The van der Waals surface area contributed by atoms with Crippen LogP contribution < -0.4 is 4.74 Å². The van der Waals surface area contributed by atoms with Crippen LogP contribution in [-0.2, 0) is 6.61 Å². The Hall–Kier alpha value is -1.08. The number of rotatable bonds is 4. The maximum Gasteiger partial charge on any atom is 0.312 e. The van der Waals surface area contributed by atoms with Crippen molar-refractivity contribution in [1.29, 1.82) is 0 Å². The van der Waals surface area contributed by atoms with Crippen LogP contribution in [0.4, 0.5) is 5.69 Å². The van der Waals surface area contributed by atoms with Gasteiger partial charge < -0.3 is 4.74 Å². The fourth-order valence-electron chi connectivity index (χ4n) is 1.28. The van der Waals surface area contributed by atoms with E-state index in [0.717, 1.165) is 10.9 Å². The van der Waals surface area contributed by atoms with E-state index in [4.69, 9.17) is 39.5 Å². The van der Waals surface area contributed by atoms with E-state index in [2.05, 4.69) is 4.98 Å². The Morgan fingerprint density at radius 1 is 1.32 bits per heavy atom. The van der Waals surface area contributed by atoms with E-state index in [-0.39, 0.29) is 28.1 Å². The van der Waals surface area contributed by atoms with Gasteiger partial charge in [0.15, 0.2) is 10.2 Å². The molecule has 0 amide bonds. The zero-order chi connectivity index (χ0) is 14.0. The third-order valence-corrected chi connectivity index (χ3v) is 3.90. The molecule has 0 radical (unpaired) electrons. The molecule has 2 aromatic rings.